The number of carbonyl (C=O) groups is 2. The van der Waals surface area contributed by atoms with Gasteiger partial charge in [-0.2, -0.15) is 5.10 Å². The molecule has 0 aliphatic carbocycles. The van der Waals surface area contributed by atoms with Gasteiger partial charge in [0.15, 0.2) is 0 Å². The molecule has 3 aromatic rings. The summed E-state index contributed by atoms with van der Waals surface area (Å²) in [5, 5.41) is 4.44. The van der Waals surface area contributed by atoms with E-state index in [0.29, 0.717) is 35.2 Å². The molecule has 1 saturated heterocycles. The van der Waals surface area contributed by atoms with Gasteiger partial charge in [0.1, 0.15) is 18.1 Å². The molecule has 166 valence electrons. The number of halogens is 1. The summed E-state index contributed by atoms with van der Waals surface area (Å²) in [4.78, 5) is 31.8. The largest absolute Gasteiger partial charge is 0.495 e. The number of nitrogens with zero attached hydrogens (tertiary/aromatic N) is 4. The van der Waals surface area contributed by atoms with E-state index in [-0.39, 0.29) is 24.3 Å². The Morgan fingerprint density at radius 1 is 1.28 bits per heavy atom. The Morgan fingerprint density at radius 2 is 2.06 bits per heavy atom. The SMILES string of the molecule is COc1ccc(N2CC(c3nc4ccccc4n3CC(=O)NN=C(C)C)CC2=O)cc1Cl. The predicted octanol–water partition coefficient (Wildman–Crippen LogP) is 3.73. The van der Waals surface area contributed by atoms with Crippen LogP contribution >= 0.6 is 11.6 Å². The van der Waals surface area contributed by atoms with Crippen LogP contribution in [0.25, 0.3) is 11.0 Å². The Hall–Kier alpha value is -3.39. The number of carbonyl (C=O) groups excluding carboxylic acids is 2. The van der Waals surface area contributed by atoms with Crippen molar-refractivity contribution in [2.45, 2.75) is 32.7 Å². The number of fused-ring (bicyclic) bond motifs is 1. The third-order valence-corrected chi connectivity index (χ3v) is 5.62. The number of imidazole rings is 1. The lowest BCUT2D eigenvalue weighted by molar-refractivity contribution is -0.121. The Labute approximate surface area is 190 Å². The van der Waals surface area contributed by atoms with Crippen molar-refractivity contribution in [1.82, 2.24) is 15.0 Å². The second-order valence-corrected chi connectivity index (χ2v) is 8.27. The number of nitrogens with one attached hydrogen (secondary N) is 1. The van der Waals surface area contributed by atoms with E-state index in [1.807, 2.05) is 48.7 Å². The van der Waals surface area contributed by atoms with Gasteiger partial charge in [-0.25, -0.2) is 10.4 Å². The summed E-state index contributed by atoms with van der Waals surface area (Å²) in [6, 6.07) is 12.9. The van der Waals surface area contributed by atoms with Crippen molar-refractivity contribution in [3.63, 3.8) is 0 Å². The average molecular weight is 454 g/mol. The van der Waals surface area contributed by atoms with Crippen LogP contribution in [0.1, 0.15) is 32.0 Å². The fourth-order valence-corrected chi connectivity index (χ4v) is 4.13. The first kappa shape index (κ1) is 21.8. The first-order valence-electron chi connectivity index (χ1n) is 10.3. The van der Waals surface area contributed by atoms with Crippen LogP contribution < -0.4 is 15.1 Å². The molecule has 32 heavy (non-hydrogen) atoms. The number of ether oxygens (including phenoxy) is 1. The molecule has 1 aliphatic heterocycles. The molecule has 1 atom stereocenters. The maximum Gasteiger partial charge on any atom is 0.260 e. The molecule has 1 unspecified atom stereocenters. The van der Waals surface area contributed by atoms with Gasteiger partial charge < -0.3 is 14.2 Å². The van der Waals surface area contributed by atoms with Gasteiger partial charge in [-0.3, -0.25) is 9.59 Å². The molecule has 2 heterocycles. The smallest absolute Gasteiger partial charge is 0.260 e. The number of hydrogen-bond donors (Lipinski definition) is 1. The monoisotopic (exact) mass is 453 g/mol. The van der Waals surface area contributed by atoms with Gasteiger partial charge in [0.2, 0.25) is 5.91 Å². The molecule has 8 nitrogen and oxygen atoms in total. The number of anilines is 1. The fraction of sp³-hybridized carbons (Fsp3) is 0.304. The Balaban J connectivity index is 1.65. The first-order chi connectivity index (χ1) is 15.4. The number of hydrogen-bond acceptors (Lipinski definition) is 5. The van der Waals surface area contributed by atoms with Crippen molar-refractivity contribution in [3.8, 4) is 5.75 Å². The lowest BCUT2D eigenvalue weighted by Crippen LogP contribution is -2.26. The molecular weight excluding hydrogens is 430 g/mol. The van der Waals surface area contributed by atoms with E-state index in [4.69, 9.17) is 21.3 Å². The quantitative estimate of drug-likeness (QED) is 0.455. The number of hydrazone groups is 1. The van der Waals surface area contributed by atoms with Crippen molar-refractivity contribution >= 4 is 45.8 Å². The molecule has 2 aromatic carbocycles. The highest BCUT2D eigenvalue weighted by atomic mass is 35.5. The predicted molar refractivity (Wildman–Crippen MR) is 124 cm³/mol. The van der Waals surface area contributed by atoms with Gasteiger partial charge in [-0.1, -0.05) is 23.7 Å². The minimum Gasteiger partial charge on any atom is -0.495 e. The van der Waals surface area contributed by atoms with Gasteiger partial charge in [0.25, 0.3) is 5.91 Å². The van der Waals surface area contributed by atoms with Gasteiger partial charge in [-0.15, -0.1) is 0 Å². The summed E-state index contributed by atoms with van der Waals surface area (Å²) < 4.78 is 7.07. The molecule has 1 aromatic heterocycles. The van der Waals surface area contributed by atoms with Gasteiger partial charge >= 0.3 is 0 Å². The number of methoxy groups -OCH3 is 1. The van der Waals surface area contributed by atoms with E-state index in [1.54, 1.807) is 24.1 Å². The number of para-hydroxylation sites is 2. The zero-order valence-corrected chi connectivity index (χ0v) is 18.9. The van der Waals surface area contributed by atoms with Crippen LogP contribution in [0.3, 0.4) is 0 Å². The van der Waals surface area contributed by atoms with E-state index in [0.717, 1.165) is 16.7 Å². The molecule has 9 heteroatoms. The van der Waals surface area contributed by atoms with E-state index in [2.05, 4.69) is 10.5 Å². The van der Waals surface area contributed by atoms with E-state index in [9.17, 15) is 9.59 Å². The molecule has 4 rings (SSSR count). The highest BCUT2D eigenvalue weighted by Gasteiger charge is 2.35. The van der Waals surface area contributed by atoms with Gasteiger partial charge in [-0.05, 0) is 44.2 Å². The fourth-order valence-electron chi connectivity index (χ4n) is 3.88. The maximum atomic E-state index is 12.9. The molecule has 0 radical (unpaired) electrons. The van der Waals surface area contributed by atoms with E-state index >= 15 is 0 Å². The second kappa shape index (κ2) is 9.00. The van der Waals surface area contributed by atoms with Crippen molar-refractivity contribution in [3.05, 3.63) is 53.3 Å². The molecular formula is C23H24ClN5O3. The summed E-state index contributed by atoms with van der Waals surface area (Å²) in [6.45, 7) is 4.12. The summed E-state index contributed by atoms with van der Waals surface area (Å²) in [5.41, 5.74) is 5.64. The topological polar surface area (TPSA) is 88.8 Å². The number of aromatic nitrogens is 2. The third-order valence-electron chi connectivity index (χ3n) is 5.33. The highest BCUT2D eigenvalue weighted by Crippen LogP contribution is 2.36. The van der Waals surface area contributed by atoms with Crippen LogP contribution in [0.15, 0.2) is 47.6 Å². The number of amides is 2. The summed E-state index contributed by atoms with van der Waals surface area (Å²) >= 11 is 6.26. The maximum absolute atomic E-state index is 12.9. The first-order valence-corrected chi connectivity index (χ1v) is 10.6. The van der Waals surface area contributed by atoms with Crippen LogP contribution in [-0.4, -0.2) is 40.7 Å². The molecule has 0 spiro atoms. The molecule has 1 aliphatic rings. The highest BCUT2D eigenvalue weighted by molar-refractivity contribution is 6.32. The average Bonchev–Trinajstić information content (AvgIpc) is 3.33. The zero-order chi connectivity index (χ0) is 22.8. The van der Waals surface area contributed by atoms with Crippen molar-refractivity contribution in [1.29, 1.82) is 0 Å². The number of benzene rings is 2. The summed E-state index contributed by atoms with van der Waals surface area (Å²) in [7, 11) is 1.55. The Kier molecular flexibility index (Phi) is 6.14. The molecule has 2 amide bonds. The van der Waals surface area contributed by atoms with Crippen LogP contribution in [0, 0.1) is 0 Å². The minimum atomic E-state index is -0.251. The van der Waals surface area contributed by atoms with Crippen LogP contribution in [0.4, 0.5) is 5.69 Å². The molecule has 1 N–H and O–H groups in total. The van der Waals surface area contributed by atoms with Crippen molar-refractivity contribution in [2.75, 3.05) is 18.6 Å². The second-order valence-electron chi connectivity index (χ2n) is 7.86. The molecule has 0 saturated carbocycles. The summed E-state index contributed by atoms with van der Waals surface area (Å²) in [5.74, 6) is 0.814. The summed E-state index contributed by atoms with van der Waals surface area (Å²) in [6.07, 6.45) is 0.292. The van der Waals surface area contributed by atoms with Gasteiger partial charge in [0, 0.05) is 30.3 Å². The van der Waals surface area contributed by atoms with Gasteiger partial charge in [0.05, 0.1) is 23.2 Å². The Morgan fingerprint density at radius 3 is 2.78 bits per heavy atom. The van der Waals surface area contributed by atoms with Crippen LogP contribution in [-0.2, 0) is 16.1 Å². The number of rotatable bonds is 6. The lowest BCUT2D eigenvalue weighted by atomic mass is 10.1. The minimum absolute atomic E-state index is 0.0227. The molecule has 0 bridgehead atoms. The van der Waals surface area contributed by atoms with Crippen LogP contribution in [0.5, 0.6) is 5.75 Å². The van der Waals surface area contributed by atoms with E-state index < -0.39 is 0 Å². The molecule has 1 fully saturated rings. The van der Waals surface area contributed by atoms with Crippen molar-refractivity contribution in [2.24, 2.45) is 5.10 Å². The van der Waals surface area contributed by atoms with Crippen LogP contribution in [0.2, 0.25) is 5.02 Å². The Bertz CT molecular complexity index is 1220. The van der Waals surface area contributed by atoms with E-state index in [1.165, 1.54) is 0 Å². The lowest BCUT2D eigenvalue weighted by Gasteiger charge is -2.18. The third kappa shape index (κ3) is 4.31. The standard InChI is InChI=1S/C23H24ClN5O3/c1-14(2)26-27-21(30)13-29-19-7-5-4-6-18(19)25-23(29)15-10-22(31)28(12-15)16-8-9-20(32-3)17(24)11-16/h4-9,11,15H,10,12-13H2,1-3H3,(H,27,30). The normalized spacial score (nSPS) is 15.8. The van der Waals surface area contributed by atoms with Crippen molar-refractivity contribution < 1.29 is 14.3 Å². The zero-order valence-electron chi connectivity index (χ0n) is 18.1.